The minimum atomic E-state index is 0.619. The zero-order valence-electron chi connectivity index (χ0n) is 11.7. The van der Waals surface area contributed by atoms with Gasteiger partial charge in [-0.1, -0.05) is 6.07 Å². The van der Waals surface area contributed by atoms with Crippen LogP contribution >= 0.6 is 0 Å². The van der Waals surface area contributed by atoms with Crippen molar-refractivity contribution in [2.75, 3.05) is 32.2 Å². The fraction of sp³-hybridized carbons (Fsp3) is 0.600. The quantitative estimate of drug-likeness (QED) is 0.885. The molecule has 1 saturated heterocycles. The minimum absolute atomic E-state index is 0.619. The number of hydrogen-bond donors (Lipinski definition) is 1. The van der Waals surface area contributed by atoms with E-state index < -0.39 is 0 Å². The molecule has 100 valence electrons. The van der Waals surface area contributed by atoms with Crippen LogP contribution in [0.5, 0.6) is 0 Å². The molecule has 0 saturated carbocycles. The molecule has 3 nitrogen and oxygen atoms in total. The van der Waals surface area contributed by atoms with Gasteiger partial charge in [-0.05, 0) is 50.1 Å². The topological polar surface area (TPSA) is 24.5 Å². The summed E-state index contributed by atoms with van der Waals surface area (Å²) in [6.45, 7) is 4.92. The zero-order chi connectivity index (χ0) is 13.0. The Hall–Kier alpha value is -1.06. The largest absolute Gasteiger partial charge is 0.381 e. The fourth-order valence-electron chi connectivity index (χ4n) is 2.57. The molecule has 0 bridgehead atoms. The molecule has 1 aliphatic heterocycles. The third-order valence-electron chi connectivity index (χ3n) is 3.84. The SMILES string of the molecule is CNCc1ccc(N(C)C2CCOCC2)cc1C. The summed E-state index contributed by atoms with van der Waals surface area (Å²) in [7, 11) is 4.18. The van der Waals surface area contributed by atoms with Crippen LogP contribution < -0.4 is 10.2 Å². The van der Waals surface area contributed by atoms with Gasteiger partial charge in [-0.25, -0.2) is 0 Å². The Labute approximate surface area is 110 Å². The van der Waals surface area contributed by atoms with Crippen LogP contribution in [0.1, 0.15) is 24.0 Å². The highest BCUT2D eigenvalue weighted by Crippen LogP contribution is 2.23. The van der Waals surface area contributed by atoms with Gasteiger partial charge in [0, 0.05) is 38.5 Å². The molecule has 18 heavy (non-hydrogen) atoms. The second-order valence-electron chi connectivity index (χ2n) is 5.10. The van der Waals surface area contributed by atoms with E-state index in [0.29, 0.717) is 6.04 Å². The highest BCUT2D eigenvalue weighted by molar-refractivity contribution is 5.51. The predicted molar refractivity (Wildman–Crippen MR) is 76.2 cm³/mol. The van der Waals surface area contributed by atoms with E-state index in [2.05, 4.69) is 42.4 Å². The van der Waals surface area contributed by atoms with E-state index in [4.69, 9.17) is 4.74 Å². The van der Waals surface area contributed by atoms with Gasteiger partial charge < -0.3 is 15.0 Å². The van der Waals surface area contributed by atoms with Crippen LogP contribution in [0.3, 0.4) is 0 Å². The minimum Gasteiger partial charge on any atom is -0.381 e. The Morgan fingerprint density at radius 2 is 2.06 bits per heavy atom. The van der Waals surface area contributed by atoms with Crippen molar-refractivity contribution in [2.45, 2.75) is 32.4 Å². The second kappa shape index (κ2) is 6.21. The first kappa shape index (κ1) is 13.4. The molecule has 1 aliphatic rings. The van der Waals surface area contributed by atoms with Gasteiger partial charge >= 0.3 is 0 Å². The first-order valence-corrected chi connectivity index (χ1v) is 6.77. The molecule has 0 amide bonds. The van der Waals surface area contributed by atoms with E-state index in [1.807, 2.05) is 7.05 Å². The summed E-state index contributed by atoms with van der Waals surface area (Å²) in [5.74, 6) is 0. The third kappa shape index (κ3) is 3.03. The molecule has 1 aromatic rings. The predicted octanol–water partition coefficient (Wildman–Crippen LogP) is 2.33. The molecule has 0 unspecified atom stereocenters. The lowest BCUT2D eigenvalue weighted by Gasteiger charge is -2.33. The average molecular weight is 248 g/mol. The molecule has 3 heteroatoms. The highest BCUT2D eigenvalue weighted by atomic mass is 16.5. The van der Waals surface area contributed by atoms with Gasteiger partial charge in [-0.15, -0.1) is 0 Å². The van der Waals surface area contributed by atoms with Crippen LogP contribution in [0.4, 0.5) is 5.69 Å². The van der Waals surface area contributed by atoms with Gasteiger partial charge in [-0.2, -0.15) is 0 Å². The van der Waals surface area contributed by atoms with Gasteiger partial charge in [-0.3, -0.25) is 0 Å². The Morgan fingerprint density at radius 1 is 1.33 bits per heavy atom. The van der Waals surface area contributed by atoms with Crippen molar-refractivity contribution in [3.8, 4) is 0 Å². The van der Waals surface area contributed by atoms with Crippen LogP contribution in [0, 0.1) is 6.92 Å². The average Bonchev–Trinajstić information content (AvgIpc) is 2.41. The lowest BCUT2D eigenvalue weighted by molar-refractivity contribution is 0.0855. The molecule has 0 aliphatic carbocycles. The molecule has 0 spiro atoms. The molecule has 0 radical (unpaired) electrons. The summed E-state index contributed by atoms with van der Waals surface area (Å²) in [5, 5.41) is 3.21. The lowest BCUT2D eigenvalue weighted by atomic mass is 10.0. The molecule has 1 fully saturated rings. The van der Waals surface area contributed by atoms with Crippen LogP contribution in [-0.2, 0) is 11.3 Å². The van der Waals surface area contributed by atoms with Crippen molar-refractivity contribution in [3.05, 3.63) is 29.3 Å². The smallest absolute Gasteiger partial charge is 0.0485 e. The van der Waals surface area contributed by atoms with E-state index >= 15 is 0 Å². The van der Waals surface area contributed by atoms with E-state index in [1.54, 1.807) is 0 Å². The lowest BCUT2D eigenvalue weighted by Crippen LogP contribution is -2.36. The highest BCUT2D eigenvalue weighted by Gasteiger charge is 2.18. The maximum Gasteiger partial charge on any atom is 0.0485 e. The molecule has 2 rings (SSSR count). The number of anilines is 1. The summed E-state index contributed by atoms with van der Waals surface area (Å²) in [6, 6.07) is 7.38. The number of benzene rings is 1. The van der Waals surface area contributed by atoms with E-state index in [-0.39, 0.29) is 0 Å². The Kier molecular flexibility index (Phi) is 4.61. The van der Waals surface area contributed by atoms with Gasteiger partial charge in [0.15, 0.2) is 0 Å². The van der Waals surface area contributed by atoms with E-state index in [1.165, 1.54) is 16.8 Å². The van der Waals surface area contributed by atoms with Crippen LogP contribution in [0.25, 0.3) is 0 Å². The van der Waals surface area contributed by atoms with Crippen molar-refractivity contribution in [1.29, 1.82) is 0 Å². The summed E-state index contributed by atoms with van der Waals surface area (Å²) in [6.07, 6.45) is 2.27. The summed E-state index contributed by atoms with van der Waals surface area (Å²) in [5.41, 5.74) is 4.06. The molecular weight excluding hydrogens is 224 g/mol. The monoisotopic (exact) mass is 248 g/mol. The van der Waals surface area contributed by atoms with Gasteiger partial charge in [0.2, 0.25) is 0 Å². The van der Waals surface area contributed by atoms with Crippen molar-refractivity contribution in [1.82, 2.24) is 5.32 Å². The van der Waals surface area contributed by atoms with Gasteiger partial charge in [0.25, 0.3) is 0 Å². The van der Waals surface area contributed by atoms with Crippen molar-refractivity contribution in [2.24, 2.45) is 0 Å². The van der Waals surface area contributed by atoms with Crippen molar-refractivity contribution in [3.63, 3.8) is 0 Å². The van der Waals surface area contributed by atoms with Crippen LogP contribution in [-0.4, -0.2) is 33.4 Å². The molecular formula is C15H24N2O. The van der Waals surface area contributed by atoms with Crippen LogP contribution in [0.15, 0.2) is 18.2 Å². The summed E-state index contributed by atoms with van der Waals surface area (Å²) >= 11 is 0. The zero-order valence-corrected chi connectivity index (χ0v) is 11.7. The Balaban J connectivity index is 2.10. The standard InChI is InChI=1S/C15H24N2O/c1-12-10-15(5-4-13(12)11-16-2)17(3)14-6-8-18-9-7-14/h4-5,10,14,16H,6-9,11H2,1-3H3. The number of nitrogens with zero attached hydrogens (tertiary/aromatic N) is 1. The van der Waals surface area contributed by atoms with Crippen LogP contribution in [0.2, 0.25) is 0 Å². The first-order valence-electron chi connectivity index (χ1n) is 6.77. The molecule has 0 aromatic heterocycles. The second-order valence-corrected chi connectivity index (χ2v) is 5.10. The first-order chi connectivity index (χ1) is 8.72. The Morgan fingerprint density at radius 3 is 2.67 bits per heavy atom. The third-order valence-corrected chi connectivity index (χ3v) is 3.84. The normalized spacial score (nSPS) is 16.8. The number of ether oxygens (including phenoxy) is 1. The number of hydrogen-bond acceptors (Lipinski definition) is 3. The van der Waals surface area contributed by atoms with Gasteiger partial charge in [0.1, 0.15) is 0 Å². The van der Waals surface area contributed by atoms with Crippen molar-refractivity contribution < 1.29 is 4.74 Å². The van der Waals surface area contributed by atoms with Gasteiger partial charge in [0.05, 0.1) is 0 Å². The summed E-state index contributed by atoms with van der Waals surface area (Å²) < 4.78 is 5.43. The van der Waals surface area contributed by atoms with Crippen molar-refractivity contribution >= 4 is 5.69 Å². The van der Waals surface area contributed by atoms with E-state index in [0.717, 1.165) is 32.6 Å². The molecule has 1 heterocycles. The fourth-order valence-corrected chi connectivity index (χ4v) is 2.57. The molecule has 0 atom stereocenters. The number of aryl methyl sites for hydroxylation is 1. The maximum absolute atomic E-state index is 5.43. The molecule has 1 aromatic carbocycles. The Bertz CT molecular complexity index is 386. The number of nitrogens with one attached hydrogen (secondary N) is 1. The van der Waals surface area contributed by atoms with E-state index in [9.17, 15) is 0 Å². The summed E-state index contributed by atoms with van der Waals surface area (Å²) in [4.78, 5) is 2.40. The number of rotatable bonds is 4. The maximum atomic E-state index is 5.43. The molecule has 1 N–H and O–H groups in total.